The fourth-order valence-corrected chi connectivity index (χ4v) is 4.78. The Bertz CT molecular complexity index is 1150. The van der Waals surface area contributed by atoms with E-state index in [9.17, 15) is 9.59 Å². The summed E-state index contributed by atoms with van der Waals surface area (Å²) in [6.07, 6.45) is 0. The Labute approximate surface area is 200 Å². The summed E-state index contributed by atoms with van der Waals surface area (Å²) in [4.78, 5) is 25.3. The summed E-state index contributed by atoms with van der Waals surface area (Å²) < 4.78 is -1.33. The van der Waals surface area contributed by atoms with Gasteiger partial charge in [0.05, 0.1) is 16.5 Å². The van der Waals surface area contributed by atoms with Crippen molar-refractivity contribution in [2.75, 3.05) is 10.6 Å². The summed E-state index contributed by atoms with van der Waals surface area (Å²) in [5.41, 5.74) is 1.08. The van der Waals surface area contributed by atoms with Crippen LogP contribution in [-0.4, -0.2) is 36.8 Å². The highest BCUT2D eigenvalue weighted by atomic mass is 35.5. The third-order valence-electron chi connectivity index (χ3n) is 4.64. The molecule has 1 fully saturated rings. The molecule has 13 heteroatoms. The van der Waals surface area contributed by atoms with Crippen molar-refractivity contribution in [3.05, 3.63) is 62.6 Å². The SMILES string of the molecule is O=C(Nc1nnn[nH]1)c1cc(NC(=O)[C@@H]2[C@@H](c3cc(Cl)cc(Cl)c3)C2(Cl)Cl)ccc1Cl. The molecule has 0 spiro atoms. The first-order chi connectivity index (χ1) is 14.7. The van der Waals surface area contributed by atoms with Gasteiger partial charge in [-0.2, -0.15) is 0 Å². The number of carbonyl (C=O) groups is 2. The van der Waals surface area contributed by atoms with Crippen LogP contribution in [0.3, 0.4) is 0 Å². The number of amides is 2. The highest BCUT2D eigenvalue weighted by Gasteiger charge is 2.67. The molecule has 1 aliphatic carbocycles. The number of nitrogens with one attached hydrogen (secondary N) is 3. The van der Waals surface area contributed by atoms with E-state index in [2.05, 4.69) is 31.3 Å². The van der Waals surface area contributed by atoms with Gasteiger partial charge in [-0.05, 0) is 52.4 Å². The zero-order chi connectivity index (χ0) is 22.3. The number of aromatic nitrogens is 4. The van der Waals surface area contributed by atoms with E-state index in [4.69, 9.17) is 58.0 Å². The predicted octanol–water partition coefficient (Wildman–Crippen LogP) is 4.94. The van der Waals surface area contributed by atoms with E-state index in [1.54, 1.807) is 24.3 Å². The monoisotopic (exact) mass is 518 g/mol. The van der Waals surface area contributed by atoms with E-state index < -0.39 is 28.0 Å². The number of tetrazole rings is 1. The molecule has 3 N–H and O–H groups in total. The number of benzene rings is 2. The molecule has 4 rings (SSSR count). The molecule has 31 heavy (non-hydrogen) atoms. The topological polar surface area (TPSA) is 113 Å². The second kappa shape index (κ2) is 8.44. The molecule has 0 bridgehead atoms. The molecule has 1 heterocycles. The molecule has 0 radical (unpaired) electrons. The summed E-state index contributed by atoms with van der Waals surface area (Å²) >= 11 is 31.0. The van der Waals surface area contributed by atoms with Gasteiger partial charge < -0.3 is 5.32 Å². The maximum atomic E-state index is 12.9. The van der Waals surface area contributed by atoms with Crippen molar-refractivity contribution < 1.29 is 9.59 Å². The van der Waals surface area contributed by atoms with Gasteiger partial charge in [0.15, 0.2) is 0 Å². The van der Waals surface area contributed by atoms with Crippen molar-refractivity contribution in [3.8, 4) is 0 Å². The van der Waals surface area contributed by atoms with Crippen LogP contribution in [0.5, 0.6) is 0 Å². The molecule has 3 aromatic rings. The number of hydrogen-bond donors (Lipinski definition) is 3. The van der Waals surface area contributed by atoms with E-state index in [-0.39, 0.29) is 16.5 Å². The van der Waals surface area contributed by atoms with Crippen LogP contribution in [0.2, 0.25) is 15.1 Å². The summed E-state index contributed by atoms with van der Waals surface area (Å²) in [7, 11) is 0. The van der Waals surface area contributed by atoms with E-state index in [0.717, 1.165) is 0 Å². The summed E-state index contributed by atoms with van der Waals surface area (Å²) in [6, 6.07) is 9.33. The third kappa shape index (κ3) is 4.58. The highest BCUT2D eigenvalue weighted by Crippen LogP contribution is 2.65. The molecule has 160 valence electrons. The molecule has 0 aliphatic heterocycles. The van der Waals surface area contributed by atoms with Crippen molar-refractivity contribution in [3.63, 3.8) is 0 Å². The van der Waals surface area contributed by atoms with Crippen LogP contribution in [0.4, 0.5) is 11.6 Å². The van der Waals surface area contributed by atoms with Gasteiger partial charge in [-0.25, -0.2) is 5.10 Å². The molecular weight excluding hydrogens is 510 g/mol. The largest absolute Gasteiger partial charge is 0.326 e. The summed E-state index contributed by atoms with van der Waals surface area (Å²) in [6.45, 7) is 0. The van der Waals surface area contributed by atoms with Gasteiger partial charge >= 0.3 is 0 Å². The highest BCUT2D eigenvalue weighted by molar-refractivity contribution is 6.53. The molecule has 2 atom stereocenters. The van der Waals surface area contributed by atoms with Gasteiger partial charge in [0.25, 0.3) is 5.91 Å². The summed E-state index contributed by atoms with van der Waals surface area (Å²) in [5.74, 6) is -2.20. The Morgan fingerprint density at radius 2 is 1.71 bits per heavy atom. The Kier molecular flexibility index (Phi) is 6.02. The van der Waals surface area contributed by atoms with Gasteiger partial charge in [-0.3, -0.25) is 14.9 Å². The van der Waals surface area contributed by atoms with Crippen LogP contribution in [0, 0.1) is 5.92 Å². The minimum atomic E-state index is -1.33. The van der Waals surface area contributed by atoms with Gasteiger partial charge in [0, 0.05) is 21.7 Å². The normalized spacial score (nSPS) is 19.0. The number of rotatable bonds is 5. The lowest BCUT2D eigenvalue weighted by Crippen LogP contribution is -2.18. The Balaban J connectivity index is 1.51. The quantitative estimate of drug-likeness (QED) is 0.413. The summed E-state index contributed by atoms with van der Waals surface area (Å²) in [5, 5.41) is 18.8. The lowest BCUT2D eigenvalue weighted by Gasteiger charge is -2.09. The average molecular weight is 521 g/mol. The predicted molar refractivity (Wildman–Crippen MR) is 119 cm³/mol. The van der Waals surface area contributed by atoms with Crippen LogP contribution in [0.25, 0.3) is 0 Å². The van der Waals surface area contributed by atoms with E-state index in [0.29, 0.717) is 21.3 Å². The Morgan fingerprint density at radius 1 is 1.00 bits per heavy atom. The molecule has 1 saturated carbocycles. The van der Waals surface area contributed by atoms with Crippen molar-refractivity contribution in [2.24, 2.45) is 5.92 Å². The number of alkyl halides is 2. The maximum absolute atomic E-state index is 12.9. The van der Waals surface area contributed by atoms with E-state index in [1.165, 1.54) is 12.1 Å². The number of aromatic amines is 1. The number of halogens is 5. The number of hydrogen-bond acceptors (Lipinski definition) is 5. The van der Waals surface area contributed by atoms with Crippen LogP contribution in [-0.2, 0) is 4.79 Å². The zero-order valence-electron chi connectivity index (χ0n) is 15.2. The molecule has 0 saturated heterocycles. The molecule has 1 aliphatic rings. The van der Waals surface area contributed by atoms with Crippen LogP contribution in [0.1, 0.15) is 21.8 Å². The second-order valence-electron chi connectivity index (χ2n) is 6.72. The minimum absolute atomic E-state index is 0.0468. The lowest BCUT2D eigenvalue weighted by molar-refractivity contribution is -0.117. The first-order valence-electron chi connectivity index (χ1n) is 8.66. The van der Waals surface area contributed by atoms with E-state index in [1.807, 2.05) is 0 Å². The average Bonchev–Trinajstić information content (AvgIpc) is 2.99. The second-order valence-corrected chi connectivity index (χ2v) is 9.44. The van der Waals surface area contributed by atoms with Crippen LogP contribution < -0.4 is 10.6 Å². The lowest BCUT2D eigenvalue weighted by atomic mass is 10.1. The van der Waals surface area contributed by atoms with Crippen LogP contribution in [0.15, 0.2) is 36.4 Å². The van der Waals surface area contributed by atoms with Gasteiger partial charge in [0.1, 0.15) is 4.33 Å². The standard InChI is InChI=1S/C18H11Cl5N6O2/c19-8-3-7(4-9(20)5-8)13-14(18(13,22)23)16(31)24-10-1-2-12(21)11(6-10)15(30)25-17-26-28-29-27-17/h1-6,13-14H,(H,24,31)(H2,25,26,27,28,29,30)/t13-,14+/m1/s1. The van der Waals surface area contributed by atoms with Crippen molar-refractivity contribution in [1.82, 2.24) is 20.6 Å². The fourth-order valence-electron chi connectivity index (χ4n) is 3.21. The van der Waals surface area contributed by atoms with E-state index >= 15 is 0 Å². The first-order valence-corrected chi connectivity index (χ1v) is 10.5. The number of nitrogens with zero attached hydrogens (tertiary/aromatic N) is 3. The zero-order valence-corrected chi connectivity index (χ0v) is 18.9. The molecule has 0 unspecified atom stereocenters. The molecular formula is C18H11Cl5N6O2. The Hall–Kier alpha value is -2.10. The van der Waals surface area contributed by atoms with Gasteiger partial charge in [0.2, 0.25) is 11.9 Å². The van der Waals surface area contributed by atoms with Crippen molar-refractivity contribution in [1.29, 1.82) is 0 Å². The van der Waals surface area contributed by atoms with Crippen molar-refractivity contribution >= 4 is 81.5 Å². The molecule has 1 aromatic heterocycles. The number of H-pyrrole nitrogens is 1. The van der Waals surface area contributed by atoms with Gasteiger partial charge in [-0.15, -0.1) is 23.2 Å². The fraction of sp³-hybridized carbons (Fsp3) is 0.167. The third-order valence-corrected chi connectivity index (χ3v) is 6.34. The molecule has 8 nitrogen and oxygen atoms in total. The number of anilines is 2. The van der Waals surface area contributed by atoms with Crippen molar-refractivity contribution in [2.45, 2.75) is 10.3 Å². The molecule has 2 aromatic carbocycles. The smallest absolute Gasteiger partial charge is 0.259 e. The molecule has 2 amide bonds. The maximum Gasteiger partial charge on any atom is 0.259 e. The van der Waals surface area contributed by atoms with Crippen LogP contribution >= 0.6 is 58.0 Å². The van der Waals surface area contributed by atoms with Gasteiger partial charge in [-0.1, -0.05) is 39.9 Å². The minimum Gasteiger partial charge on any atom is -0.326 e. The number of carbonyl (C=O) groups excluding carboxylic acids is 2. The first kappa shape index (κ1) is 22.1. The Morgan fingerprint density at radius 3 is 2.35 bits per heavy atom.